The molecule has 1 aliphatic heterocycles. The van der Waals surface area contributed by atoms with E-state index in [0.717, 1.165) is 37.4 Å². The molecule has 22 heavy (non-hydrogen) atoms. The molecule has 2 fully saturated rings. The van der Waals surface area contributed by atoms with E-state index in [-0.39, 0.29) is 18.4 Å². The van der Waals surface area contributed by atoms with Gasteiger partial charge in [-0.05, 0) is 69.8 Å². The summed E-state index contributed by atoms with van der Waals surface area (Å²) in [5, 5.41) is 0. The zero-order valence-electron chi connectivity index (χ0n) is 13.5. The van der Waals surface area contributed by atoms with E-state index >= 15 is 0 Å². The average molecular weight is 324 g/mol. The van der Waals surface area contributed by atoms with Crippen molar-refractivity contribution in [3.05, 3.63) is 35.4 Å². The fourth-order valence-corrected chi connectivity index (χ4v) is 3.37. The summed E-state index contributed by atoms with van der Waals surface area (Å²) in [7, 11) is 2.12. The first-order chi connectivity index (χ1) is 10.2. The number of hydrogen-bond acceptors (Lipinski definition) is 3. The lowest BCUT2D eigenvalue weighted by Crippen LogP contribution is -2.47. The molecule has 0 amide bonds. The number of likely N-dealkylation sites (tertiary alicyclic amines) is 1. The summed E-state index contributed by atoms with van der Waals surface area (Å²) in [6, 6.07) is 8.75. The summed E-state index contributed by atoms with van der Waals surface area (Å²) >= 11 is 0. The molecule has 0 unspecified atom stereocenters. The van der Waals surface area contributed by atoms with Crippen LogP contribution in [0.1, 0.15) is 49.7 Å². The molecule has 2 aliphatic rings. The van der Waals surface area contributed by atoms with Gasteiger partial charge in [-0.1, -0.05) is 24.3 Å². The summed E-state index contributed by atoms with van der Waals surface area (Å²) in [6.07, 6.45) is 4.33. The smallest absolute Gasteiger partial charge is 0.316 e. The summed E-state index contributed by atoms with van der Waals surface area (Å²) in [4.78, 5) is 14.9. The van der Waals surface area contributed by atoms with E-state index in [0.29, 0.717) is 6.61 Å². The Balaban J connectivity index is 0.00000176. The van der Waals surface area contributed by atoms with Crippen LogP contribution in [0.25, 0.3) is 0 Å². The van der Waals surface area contributed by atoms with Crippen LogP contribution in [-0.2, 0) is 14.9 Å². The molecule has 4 heteroatoms. The maximum atomic E-state index is 12.6. The Labute approximate surface area is 139 Å². The molecule has 0 aromatic heterocycles. The van der Waals surface area contributed by atoms with Gasteiger partial charge in [0.1, 0.15) is 0 Å². The molecular weight excluding hydrogens is 298 g/mol. The number of esters is 1. The number of halogens is 1. The molecule has 0 atom stereocenters. The van der Waals surface area contributed by atoms with Gasteiger partial charge < -0.3 is 9.64 Å². The molecule has 0 bridgehead atoms. The van der Waals surface area contributed by atoms with E-state index in [4.69, 9.17) is 4.74 Å². The zero-order chi connectivity index (χ0) is 14.9. The molecule has 122 valence electrons. The van der Waals surface area contributed by atoms with Gasteiger partial charge in [0, 0.05) is 0 Å². The van der Waals surface area contributed by atoms with Crippen molar-refractivity contribution in [2.75, 3.05) is 26.7 Å². The second-order valence-electron chi connectivity index (χ2n) is 6.50. The Hall–Kier alpha value is -1.06. The largest absolute Gasteiger partial charge is 0.465 e. The lowest BCUT2D eigenvalue weighted by molar-refractivity contribution is -0.152. The topological polar surface area (TPSA) is 29.5 Å². The van der Waals surface area contributed by atoms with Crippen LogP contribution < -0.4 is 0 Å². The SMILES string of the molecule is CCOC(=O)C1(c2ccc(C3CC3)cc2)CCN(C)CC1.Cl. The predicted octanol–water partition coefficient (Wildman–Crippen LogP) is 3.51. The van der Waals surface area contributed by atoms with Gasteiger partial charge in [-0.25, -0.2) is 0 Å². The van der Waals surface area contributed by atoms with E-state index in [1.165, 1.54) is 18.4 Å². The normalized spacial score (nSPS) is 21.0. The number of carbonyl (C=O) groups excluding carboxylic acids is 1. The van der Waals surface area contributed by atoms with E-state index in [9.17, 15) is 4.79 Å². The van der Waals surface area contributed by atoms with Crippen LogP contribution in [0, 0.1) is 0 Å². The van der Waals surface area contributed by atoms with E-state index in [1.807, 2.05) is 6.92 Å². The van der Waals surface area contributed by atoms with Crippen molar-refractivity contribution in [2.45, 2.75) is 43.9 Å². The van der Waals surface area contributed by atoms with E-state index in [1.54, 1.807) is 0 Å². The highest BCUT2D eigenvalue weighted by Gasteiger charge is 2.43. The Morgan fingerprint density at radius 1 is 1.23 bits per heavy atom. The minimum atomic E-state index is -0.440. The first-order valence-corrected chi connectivity index (χ1v) is 8.12. The zero-order valence-corrected chi connectivity index (χ0v) is 14.3. The highest BCUT2D eigenvalue weighted by atomic mass is 35.5. The maximum absolute atomic E-state index is 12.6. The Morgan fingerprint density at radius 3 is 2.32 bits per heavy atom. The number of rotatable bonds is 4. The van der Waals surface area contributed by atoms with Gasteiger partial charge in [-0.2, -0.15) is 0 Å². The van der Waals surface area contributed by atoms with Gasteiger partial charge in [0.2, 0.25) is 0 Å². The summed E-state index contributed by atoms with van der Waals surface area (Å²) < 4.78 is 5.41. The van der Waals surface area contributed by atoms with Crippen LogP contribution in [0.3, 0.4) is 0 Å². The van der Waals surface area contributed by atoms with Crippen LogP contribution in [-0.4, -0.2) is 37.6 Å². The van der Waals surface area contributed by atoms with Crippen molar-refractivity contribution in [1.82, 2.24) is 4.90 Å². The molecule has 1 heterocycles. The van der Waals surface area contributed by atoms with Crippen molar-refractivity contribution < 1.29 is 9.53 Å². The van der Waals surface area contributed by atoms with Crippen LogP contribution in [0.5, 0.6) is 0 Å². The van der Waals surface area contributed by atoms with Crippen LogP contribution >= 0.6 is 12.4 Å². The van der Waals surface area contributed by atoms with Crippen molar-refractivity contribution >= 4 is 18.4 Å². The van der Waals surface area contributed by atoms with Crippen molar-refractivity contribution in [3.8, 4) is 0 Å². The second kappa shape index (κ2) is 7.01. The third kappa shape index (κ3) is 3.31. The molecule has 1 aromatic rings. The summed E-state index contributed by atoms with van der Waals surface area (Å²) in [5.74, 6) is 0.715. The first kappa shape index (κ1) is 17.3. The van der Waals surface area contributed by atoms with Gasteiger partial charge in [0.05, 0.1) is 12.0 Å². The van der Waals surface area contributed by atoms with Crippen molar-refractivity contribution in [3.63, 3.8) is 0 Å². The molecule has 1 saturated heterocycles. The van der Waals surface area contributed by atoms with Gasteiger partial charge in [-0.3, -0.25) is 4.79 Å². The number of hydrogen-bond donors (Lipinski definition) is 0. The highest BCUT2D eigenvalue weighted by Crippen LogP contribution is 2.42. The minimum Gasteiger partial charge on any atom is -0.465 e. The third-order valence-electron chi connectivity index (χ3n) is 5.02. The Morgan fingerprint density at radius 2 is 1.82 bits per heavy atom. The van der Waals surface area contributed by atoms with Gasteiger partial charge in [-0.15, -0.1) is 12.4 Å². The number of carbonyl (C=O) groups is 1. The number of benzene rings is 1. The van der Waals surface area contributed by atoms with Gasteiger partial charge in [0.25, 0.3) is 0 Å². The maximum Gasteiger partial charge on any atom is 0.316 e. The van der Waals surface area contributed by atoms with Crippen LogP contribution in [0.2, 0.25) is 0 Å². The quantitative estimate of drug-likeness (QED) is 0.794. The number of nitrogens with zero attached hydrogens (tertiary/aromatic N) is 1. The fourth-order valence-electron chi connectivity index (χ4n) is 3.37. The van der Waals surface area contributed by atoms with Crippen molar-refractivity contribution in [1.29, 1.82) is 0 Å². The first-order valence-electron chi connectivity index (χ1n) is 8.12. The number of piperidine rings is 1. The van der Waals surface area contributed by atoms with E-state index < -0.39 is 5.41 Å². The molecule has 0 radical (unpaired) electrons. The van der Waals surface area contributed by atoms with E-state index in [2.05, 4.69) is 36.2 Å². The Bertz CT molecular complexity index is 502. The lowest BCUT2D eigenvalue weighted by Gasteiger charge is -2.39. The van der Waals surface area contributed by atoms with Crippen LogP contribution in [0.4, 0.5) is 0 Å². The molecular formula is C18H26ClNO2. The minimum absolute atomic E-state index is 0. The van der Waals surface area contributed by atoms with Crippen molar-refractivity contribution in [2.24, 2.45) is 0 Å². The molecule has 3 nitrogen and oxygen atoms in total. The molecule has 1 aliphatic carbocycles. The summed E-state index contributed by atoms with van der Waals surface area (Å²) in [5.41, 5.74) is 2.12. The standard InChI is InChI=1S/C18H25NO2.ClH/c1-3-21-17(20)18(10-12-19(2)13-11-18)16-8-6-15(7-9-16)14-4-5-14;/h6-9,14H,3-5,10-13H2,1-2H3;1H. The molecule has 1 saturated carbocycles. The predicted molar refractivity (Wildman–Crippen MR) is 90.7 cm³/mol. The molecule has 3 rings (SSSR count). The second-order valence-corrected chi connectivity index (χ2v) is 6.50. The van der Waals surface area contributed by atoms with Crippen LogP contribution in [0.15, 0.2) is 24.3 Å². The van der Waals surface area contributed by atoms with Gasteiger partial charge in [0.15, 0.2) is 0 Å². The fraction of sp³-hybridized carbons (Fsp3) is 0.611. The Kier molecular flexibility index (Phi) is 5.51. The molecule has 0 spiro atoms. The summed E-state index contributed by atoms with van der Waals surface area (Å²) in [6.45, 7) is 4.24. The highest BCUT2D eigenvalue weighted by molar-refractivity contribution is 5.85. The lowest BCUT2D eigenvalue weighted by atomic mass is 9.72. The molecule has 1 aromatic carbocycles. The third-order valence-corrected chi connectivity index (χ3v) is 5.02. The average Bonchev–Trinajstić information content (AvgIpc) is 3.33. The van der Waals surface area contributed by atoms with Gasteiger partial charge >= 0.3 is 5.97 Å². The number of ether oxygens (including phenoxy) is 1. The monoisotopic (exact) mass is 323 g/mol. The molecule has 0 N–H and O–H groups in total.